The first-order valence-electron chi connectivity index (χ1n) is 13.3. The summed E-state index contributed by atoms with van der Waals surface area (Å²) >= 11 is 0. The summed E-state index contributed by atoms with van der Waals surface area (Å²) in [5.41, 5.74) is 5.64. The summed E-state index contributed by atoms with van der Waals surface area (Å²) in [6.45, 7) is 7.92. The molecule has 3 aliphatic rings. The van der Waals surface area contributed by atoms with Crippen molar-refractivity contribution in [1.29, 1.82) is 0 Å². The third kappa shape index (κ3) is 4.57. The first-order valence-corrected chi connectivity index (χ1v) is 13.3. The number of hydrogen-bond donors (Lipinski definition) is 1. The molecule has 0 bridgehead atoms. The van der Waals surface area contributed by atoms with Gasteiger partial charge in [0.05, 0.1) is 12.2 Å². The molecular weight excluding hydrogens is 483 g/mol. The van der Waals surface area contributed by atoms with Crippen molar-refractivity contribution in [1.82, 2.24) is 9.97 Å². The lowest BCUT2D eigenvalue weighted by molar-refractivity contribution is -0.118. The first kappa shape index (κ1) is 25.0. The van der Waals surface area contributed by atoms with Gasteiger partial charge >= 0.3 is 0 Å². The van der Waals surface area contributed by atoms with Crippen LogP contribution in [0.4, 0.5) is 4.39 Å². The second-order valence-electron chi connectivity index (χ2n) is 11.7. The number of rotatable bonds is 8. The van der Waals surface area contributed by atoms with E-state index in [1.54, 1.807) is 6.92 Å². The molecule has 2 heterocycles. The summed E-state index contributed by atoms with van der Waals surface area (Å²) in [5.74, 6) is 2.17. The molecule has 38 heavy (non-hydrogen) atoms. The lowest BCUT2D eigenvalue weighted by Gasteiger charge is -2.40. The highest BCUT2D eigenvalue weighted by Gasteiger charge is 2.58. The molecule has 6 rings (SSSR count). The van der Waals surface area contributed by atoms with Crippen LogP contribution in [0.3, 0.4) is 0 Å². The number of nitrogens with zero attached hydrogens (tertiary/aromatic N) is 2. The fourth-order valence-corrected chi connectivity index (χ4v) is 6.58. The maximum absolute atomic E-state index is 14.9. The van der Waals surface area contributed by atoms with Gasteiger partial charge in [-0.25, -0.2) is 14.4 Å². The minimum Gasteiger partial charge on any atom is -0.477 e. The number of aromatic nitrogens is 2. The number of hydrogen-bond acceptors (Lipinski definition) is 6. The lowest BCUT2D eigenvalue weighted by atomic mass is 9.73. The van der Waals surface area contributed by atoms with Crippen LogP contribution in [-0.4, -0.2) is 33.1 Å². The van der Waals surface area contributed by atoms with Crippen molar-refractivity contribution in [3.05, 3.63) is 70.3 Å². The van der Waals surface area contributed by atoms with Crippen molar-refractivity contribution in [3.8, 4) is 22.9 Å². The molecule has 2 saturated carbocycles. The Labute approximate surface area is 222 Å². The molecule has 2 fully saturated rings. The van der Waals surface area contributed by atoms with E-state index in [9.17, 15) is 14.3 Å². The van der Waals surface area contributed by atoms with Crippen LogP contribution in [0.5, 0.6) is 11.8 Å². The van der Waals surface area contributed by atoms with Gasteiger partial charge in [0.15, 0.2) is 0 Å². The largest absolute Gasteiger partial charge is 0.477 e. The second kappa shape index (κ2) is 9.16. The number of pyridine rings is 2. The Morgan fingerprint density at radius 1 is 1.13 bits per heavy atom. The Hall–Kier alpha value is -3.32. The number of halogens is 1. The van der Waals surface area contributed by atoms with E-state index < -0.39 is 5.60 Å². The van der Waals surface area contributed by atoms with E-state index in [0.29, 0.717) is 41.7 Å². The highest BCUT2D eigenvalue weighted by Crippen LogP contribution is 2.61. The van der Waals surface area contributed by atoms with Crippen LogP contribution >= 0.6 is 0 Å². The first-order chi connectivity index (χ1) is 18.1. The van der Waals surface area contributed by atoms with Gasteiger partial charge in [-0.05, 0) is 105 Å². The van der Waals surface area contributed by atoms with Crippen LogP contribution < -0.4 is 9.47 Å². The summed E-state index contributed by atoms with van der Waals surface area (Å²) in [6, 6.07) is 9.09. The van der Waals surface area contributed by atoms with Gasteiger partial charge in [0, 0.05) is 41.1 Å². The minimum atomic E-state index is -0.570. The standard InChI is InChI=1S/C31H33FN2O4/c1-16-7-26(32)21(15-38-28-10-20-8-24-29(18(3)35)30(24)25(20)13-33-28)9-23(16)22-5-6-27(34-17(22)2)37-14-19-11-31(4,36)12-19/h5-7,9-10,13,19,24,29-30,36H,8,11-12,14-15H2,1-4H3/t19?,24-,29-,30+,31?/m0/s1. The number of Topliss-reactive ketones (excluding diaryl/α,β-unsaturated/α-hetero) is 1. The van der Waals surface area contributed by atoms with Crippen LogP contribution in [0.15, 0.2) is 36.5 Å². The SMILES string of the molecule is CC(=O)[C@H]1[C@@H]2Cc3cc(OCc4cc(-c5ccc(OCC6CC(C)(O)C6)nc5C)c(C)cc4F)ncc3[C@@H]21. The molecule has 7 heteroatoms. The molecule has 1 aromatic carbocycles. The molecule has 6 nitrogen and oxygen atoms in total. The number of ketones is 1. The smallest absolute Gasteiger partial charge is 0.213 e. The summed E-state index contributed by atoms with van der Waals surface area (Å²) in [6.07, 6.45) is 4.18. The number of fused-ring (bicyclic) bond motifs is 3. The molecule has 0 aliphatic heterocycles. The van der Waals surface area contributed by atoms with Gasteiger partial charge in [-0.1, -0.05) is 0 Å². The van der Waals surface area contributed by atoms with Crippen LogP contribution in [-0.2, 0) is 17.8 Å². The lowest BCUT2D eigenvalue weighted by Crippen LogP contribution is -2.43. The van der Waals surface area contributed by atoms with Gasteiger partial charge in [0.1, 0.15) is 18.2 Å². The number of aryl methyl sites for hydroxylation is 2. The van der Waals surface area contributed by atoms with E-state index >= 15 is 0 Å². The molecule has 0 saturated heterocycles. The average Bonchev–Trinajstić information content (AvgIpc) is 3.44. The Bertz CT molecular complexity index is 1430. The number of benzene rings is 1. The minimum absolute atomic E-state index is 0.0622. The van der Waals surface area contributed by atoms with E-state index in [-0.39, 0.29) is 24.1 Å². The topological polar surface area (TPSA) is 81.5 Å². The number of aliphatic hydroxyl groups is 1. The van der Waals surface area contributed by atoms with E-state index in [1.807, 2.05) is 51.2 Å². The summed E-state index contributed by atoms with van der Waals surface area (Å²) in [4.78, 5) is 20.8. The van der Waals surface area contributed by atoms with Gasteiger partial charge in [-0.2, -0.15) is 0 Å². The fraction of sp³-hybridized carbons (Fsp3) is 0.452. The zero-order chi connectivity index (χ0) is 26.8. The highest BCUT2D eigenvalue weighted by molar-refractivity contribution is 5.84. The molecular formula is C31H33FN2O4. The van der Waals surface area contributed by atoms with E-state index in [4.69, 9.17) is 9.47 Å². The Morgan fingerprint density at radius 3 is 2.63 bits per heavy atom. The third-order valence-corrected chi connectivity index (χ3v) is 8.50. The Kier molecular flexibility index (Phi) is 6.02. The molecule has 0 radical (unpaired) electrons. The maximum Gasteiger partial charge on any atom is 0.213 e. The van der Waals surface area contributed by atoms with Gasteiger partial charge in [-0.15, -0.1) is 0 Å². The van der Waals surface area contributed by atoms with Crippen molar-refractivity contribution in [2.75, 3.05) is 6.61 Å². The third-order valence-electron chi connectivity index (χ3n) is 8.50. The van der Waals surface area contributed by atoms with Crippen LogP contribution in [0.2, 0.25) is 0 Å². The molecule has 3 aliphatic carbocycles. The van der Waals surface area contributed by atoms with Crippen LogP contribution in [0.25, 0.3) is 11.1 Å². The predicted molar refractivity (Wildman–Crippen MR) is 141 cm³/mol. The summed E-state index contributed by atoms with van der Waals surface area (Å²) in [5, 5.41) is 9.91. The van der Waals surface area contributed by atoms with E-state index in [1.165, 1.54) is 11.6 Å². The fourth-order valence-electron chi connectivity index (χ4n) is 6.58. The number of carbonyl (C=O) groups is 1. The zero-order valence-electron chi connectivity index (χ0n) is 22.3. The van der Waals surface area contributed by atoms with Gasteiger partial charge < -0.3 is 14.6 Å². The highest BCUT2D eigenvalue weighted by atomic mass is 19.1. The van der Waals surface area contributed by atoms with Crippen molar-refractivity contribution >= 4 is 5.78 Å². The van der Waals surface area contributed by atoms with Gasteiger partial charge in [0.2, 0.25) is 11.8 Å². The molecule has 0 unspecified atom stereocenters. The van der Waals surface area contributed by atoms with Crippen molar-refractivity contribution in [3.63, 3.8) is 0 Å². The molecule has 0 spiro atoms. The molecule has 3 aromatic rings. The quantitative estimate of drug-likeness (QED) is 0.426. The van der Waals surface area contributed by atoms with Gasteiger partial charge in [-0.3, -0.25) is 4.79 Å². The van der Waals surface area contributed by atoms with E-state index in [2.05, 4.69) is 9.97 Å². The van der Waals surface area contributed by atoms with Crippen LogP contribution in [0.1, 0.15) is 60.6 Å². The monoisotopic (exact) mass is 516 g/mol. The van der Waals surface area contributed by atoms with E-state index in [0.717, 1.165) is 47.2 Å². The van der Waals surface area contributed by atoms with Crippen LogP contribution in [0, 0.1) is 37.4 Å². The number of carbonyl (C=O) groups excluding carboxylic acids is 1. The summed E-state index contributed by atoms with van der Waals surface area (Å²) < 4.78 is 26.7. The molecule has 0 amide bonds. The molecule has 2 aromatic heterocycles. The number of ether oxygens (including phenoxy) is 2. The molecule has 3 atom stereocenters. The average molecular weight is 517 g/mol. The Balaban J connectivity index is 1.14. The Morgan fingerprint density at radius 2 is 1.92 bits per heavy atom. The zero-order valence-corrected chi connectivity index (χ0v) is 22.3. The normalized spacial score (nSPS) is 26.8. The second-order valence-corrected chi connectivity index (χ2v) is 11.7. The summed E-state index contributed by atoms with van der Waals surface area (Å²) in [7, 11) is 0. The van der Waals surface area contributed by atoms with Crippen molar-refractivity contribution in [2.24, 2.45) is 17.8 Å². The molecule has 198 valence electrons. The molecule has 1 N–H and O–H groups in total. The maximum atomic E-state index is 14.9. The van der Waals surface area contributed by atoms with Crippen molar-refractivity contribution in [2.45, 2.75) is 65.1 Å². The predicted octanol–water partition coefficient (Wildman–Crippen LogP) is 5.49. The van der Waals surface area contributed by atoms with Gasteiger partial charge in [0.25, 0.3) is 0 Å². The van der Waals surface area contributed by atoms with Crippen molar-refractivity contribution < 1.29 is 23.8 Å².